The van der Waals surface area contributed by atoms with Crippen molar-refractivity contribution in [2.75, 3.05) is 17.2 Å². The van der Waals surface area contributed by atoms with E-state index in [2.05, 4.69) is 10.6 Å². The quantitative estimate of drug-likeness (QED) is 0.637. The summed E-state index contributed by atoms with van der Waals surface area (Å²) >= 11 is 6.39. The van der Waals surface area contributed by atoms with Crippen LogP contribution in [0.2, 0.25) is 5.02 Å². The molecule has 0 fully saturated rings. The Morgan fingerprint density at radius 2 is 1.96 bits per heavy atom. The van der Waals surface area contributed by atoms with Crippen LogP contribution in [-0.2, 0) is 11.4 Å². The number of nitrogens with one attached hydrogen (secondary N) is 2. The number of alkyl halides is 2. The van der Waals surface area contributed by atoms with Crippen LogP contribution in [0.3, 0.4) is 0 Å². The molecular weight excluding hydrogens is 358 g/mol. The monoisotopic (exact) mass is 372 g/mol. The molecule has 0 bridgehead atoms. The molecule has 0 saturated heterocycles. The lowest BCUT2D eigenvalue weighted by Crippen LogP contribution is -2.22. The molecule has 0 unspecified atom stereocenters. The van der Waals surface area contributed by atoms with Crippen LogP contribution in [0.1, 0.15) is 5.56 Å². The number of halogens is 3. The van der Waals surface area contributed by atoms with Gasteiger partial charge in [-0.15, -0.1) is 0 Å². The first-order valence-electron chi connectivity index (χ1n) is 6.96. The minimum atomic E-state index is -2.57. The lowest BCUT2D eigenvalue weighted by molar-refractivity contribution is -0.114. The largest absolute Gasteiger partial charge is 0.392 e. The number of aliphatic hydroxyl groups is 1. The Kier molecular flexibility index (Phi) is 6.84. The molecule has 0 heterocycles. The van der Waals surface area contributed by atoms with E-state index in [0.717, 1.165) is 0 Å². The number of thioether (sulfide) groups is 1. The summed E-state index contributed by atoms with van der Waals surface area (Å²) in [5.41, 5.74) is 1.49. The molecule has 0 aliphatic carbocycles. The predicted molar refractivity (Wildman–Crippen MR) is 92.8 cm³/mol. The fourth-order valence-corrected chi connectivity index (χ4v) is 2.72. The number of benzene rings is 2. The molecule has 2 aromatic rings. The highest BCUT2D eigenvalue weighted by molar-refractivity contribution is 7.99. The van der Waals surface area contributed by atoms with Gasteiger partial charge in [-0.25, -0.2) is 0 Å². The van der Waals surface area contributed by atoms with Gasteiger partial charge in [0.1, 0.15) is 0 Å². The summed E-state index contributed by atoms with van der Waals surface area (Å²) < 4.78 is 25.1. The molecule has 0 aliphatic heterocycles. The molecule has 1 amide bonds. The molecule has 8 heteroatoms. The lowest BCUT2D eigenvalue weighted by atomic mass is 10.2. The molecule has 2 aromatic carbocycles. The number of aliphatic hydroxyl groups excluding tert-OH is 1. The number of anilines is 2. The Morgan fingerprint density at radius 3 is 2.67 bits per heavy atom. The van der Waals surface area contributed by atoms with E-state index in [1.54, 1.807) is 36.4 Å². The Hall–Kier alpha value is -1.83. The number of carbonyl (C=O) groups excluding carboxylic acids is 1. The molecule has 24 heavy (non-hydrogen) atoms. The van der Waals surface area contributed by atoms with Crippen LogP contribution in [0.5, 0.6) is 0 Å². The van der Waals surface area contributed by atoms with Gasteiger partial charge in [0.05, 0.1) is 29.5 Å². The van der Waals surface area contributed by atoms with Gasteiger partial charge in [-0.05, 0) is 29.8 Å². The van der Waals surface area contributed by atoms with Gasteiger partial charge in [0.25, 0.3) is 5.76 Å². The number of hydrogen-bond acceptors (Lipinski definition) is 4. The third-order valence-corrected chi connectivity index (χ3v) is 4.15. The summed E-state index contributed by atoms with van der Waals surface area (Å²) in [6.45, 7) is -0.238. The van der Waals surface area contributed by atoms with Gasteiger partial charge >= 0.3 is 0 Å². The van der Waals surface area contributed by atoms with Crippen molar-refractivity contribution in [2.45, 2.75) is 17.3 Å². The van der Waals surface area contributed by atoms with Gasteiger partial charge in [0, 0.05) is 4.90 Å². The summed E-state index contributed by atoms with van der Waals surface area (Å²) in [6, 6.07) is 11.3. The Labute approximate surface area is 147 Å². The Morgan fingerprint density at radius 1 is 1.21 bits per heavy atom. The van der Waals surface area contributed by atoms with E-state index >= 15 is 0 Å². The number of rotatable bonds is 7. The molecule has 128 valence electrons. The van der Waals surface area contributed by atoms with Crippen LogP contribution in [0.25, 0.3) is 0 Å². The number of carbonyl (C=O) groups is 1. The van der Waals surface area contributed by atoms with Crippen LogP contribution < -0.4 is 10.6 Å². The van der Waals surface area contributed by atoms with E-state index < -0.39 is 11.7 Å². The normalized spacial score (nSPS) is 10.7. The smallest absolute Gasteiger partial charge is 0.288 e. The summed E-state index contributed by atoms with van der Waals surface area (Å²) in [4.78, 5) is 12.3. The molecule has 4 nitrogen and oxygen atoms in total. The van der Waals surface area contributed by atoms with Gasteiger partial charge in [-0.1, -0.05) is 41.6 Å². The molecule has 0 atom stereocenters. The first kappa shape index (κ1) is 18.5. The van der Waals surface area contributed by atoms with E-state index in [0.29, 0.717) is 38.6 Å². The van der Waals surface area contributed by atoms with Crippen molar-refractivity contribution in [3.8, 4) is 0 Å². The van der Waals surface area contributed by atoms with E-state index in [1.165, 1.54) is 6.07 Å². The highest BCUT2D eigenvalue weighted by Gasteiger charge is 2.12. The van der Waals surface area contributed by atoms with Gasteiger partial charge < -0.3 is 15.7 Å². The molecule has 3 N–H and O–H groups in total. The molecule has 2 rings (SSSR count). The van der Waals surface area contributed by atoms with Gasteiger partial charge in [-0.2, -0.15) is 8.78 Å². The summed E-state index contributed by atoms with van der Waals surface area (Å²) in [5.74, 6) is -2.97. The van der Waals surface area contributed by atoms with Crippen LogP contribution in [0.4, 0.5) is 20.2 Å². The van der Waals surface area contributed by atoms with E-state index in [9.17, 15) is 13.6 Å². The summed E-state index contributed by atoms with van der Waals surface area (Å²) in [7, 11) is 0. The van der Waals surface area contributed by atoms with Crippen LogP contribution >= 0.6 is 23.4 Å². The third kappa shape index (κ3) is 5.36. The highest BCUT2D eigenvalue weighted by atomic mass is 35.5. The second-order valence-corrected chi connectivity index (χ2v) is 6.19. The van der Waals surface area contributed by atoms with Crippen molar-refractivity contribution in [3.63, 3.8) is 0 Å². The topological polar surface area (TPSA) is 61.4 Å². The molecular formula is C16H15ClF2N2O2S. The summed E-state index contributed by atoms with van der Waals surface area (Å²) in [6.07, 6.45) is 0. The standard InChI is InChI=1S/C16H15ClF2N2O2S/c17-11-6-5-10(9-22)7-13(11)20-8-15(23)21-12-3-1-2-4-14(12)24-16(18)19/h1-7,16,20,22H,8-9H2,(H,21,23). The fourth-order valence-electron chi connectivity index (χ4n) is 1.94. The SMILES string of the molecule is O=C(CNc1cc(CO)ccc1Cl)Nc1ccccc1SC(F)F. The maximum Gasteiger partial charge on any atom is 0.288 e. The van der Waals surface area contributed by atoms with E-state index in [1.807, 2.05) is 0 Å². The minimum absolute atomic E-state index is 0.0950. The zero-order valence-corrected chi connectivity index (χ0v) is 14.0. The number of para-hydroxylation sites is 1. The summed E-state index contributed by atoms with van der Waals surface area (Å²) in [5, 5.41) is 15.0. The second kappa shape index (κ2) is 8.86. The highest BCUT2D eigenvalue weighted by Crippen LogP contribution is 2.31. The average Bonchev–Trinajstić information content (AvgIpc) is 2.55. The third-order valence-electron chi connectivity index (χ3n) is 3.03. The first-order chi connectivity index (χ1) is 11.5. The zero-order valence-electron chi connectivity index (χ0n) is 12.4. The van der Waals surface area contributed by atoms with Gasteiger partial charge in [-0.3, -0.25) is 4.79 Å². The maximum atomic E-state index is 12.5. The van der Waals surface area contributed by atoms with Crippen molar-refractivity contribution in [3.05, 3.63) is 53.1 Å². The van der Waals surface area contributed by atoms with Crippen molar-refractivity contribution in [1.29, 1.82) is 0 Å². The van der Waals surface area contributed by atoms with E-state index in [4.69, 9.17) is 16.7 Å². The van der Waals surface area contributed by atoms with Crippen molar-refractivity contribution in [1.82, 2.24) is 0 Å². The Balaban J connectivity index is 1.99. The van der Waals surface area contributed by atoms with Crippen molar-refractivity contribution >= 4 is 40.6 Å². The van der Waals surface area contributed by atoms with E-state index in [-0.39, 0.29) is 13.2 Å². The molecule has 0 radical (unpaired) electrons. The Bertz CT molecular complexity index is 716. The van der Waals surface area contributed by atoms with Crippen LogP contribution in [0, 0.1) is 0 Å². The predicted octanol–water partition coefficient (Wildman–Crippen LogP) is 4.20. The second-order valence-electron chi connectivity index (χ2n) is 4.75. The van der Waals surface area contributed by atoms with Crippen molar-refractivity contribution in [2.24, 2.45) is 0 Å². The van der Waals surface area contributed by atoms with Gasteiger partial charge in [0.15, 0.2) is 0 Å². The van der Waals surface area contributed by atoms with Crippen molar-refractivity contribution < 1.29 is 18.7 Å². The molecule has 0 aliphatic rings. The molecule has 0 saturated carbocycles. The van der Waals surface area contributed by atoms with Crippen LogP contribution in [0.15, 0.2) is 47.4 Å². The van der Waals surface area contributed by atoms with Gasteiger partial charge in [0.2, 0.25) is 5.91 Å². The lowest BCUT2D eigenvalue weighted by Gasteiger charge is -2.12. The number of amides is 1. The molecule has 0 aromatic heterocycles. The minimum Gasteiger partial charge on any atom is -0.392 e. The number of hydrogen-bond donors (Lipinski definition) is 3. The maximum absolute atomic E-state index is 12.5. The first-order valence-corrected chi connectivity index (χ1v) is 8.22. The average molecular weight is 373 g/mol. The molecule has 0 spiro atoms. The van der Waals surface area contributed by atoms with Crippen LogP contribution in [-0.4, -0.2) is 23.3 Å². The fraction of sp³-hybridized carbons (Fsp3) is 0.188. The zero-order chi connectivity index (χ0) is 17.5.